The molecule has 0 aliphatic carbocycles. The van der Waals surface area contributed by atoms with E-state index in [1.54, 1.807) is 13.0 Å². The van der Waals surface area contributed by atoms with Gasteiger partial charge in [0.2, 0.25) is 10.0 Å². The summed E-state index contributed by atoms with van der Waals surface area (Å²) in [7, 11) is -0.706. The first-order valence-electron chi connectivity index (χ1n) is 7.81. The molecule has 0 radical (unpaired) electrons. The maximum Gasteiger partial charge on any atom is 0.311 e. The van der Waals surface area contributed by atoms with Gasteiger partial charge in [0.25, 0.3) is 5.91 Å². The van der Waals surface area contributed by atoms with Gasteiger partial charge in [-0.05, 0) is 42.8 Å². The third-order valence-electron chi connectivity index (χ3n) is 3.59. The van der Waals surface area contributed by atoms with Gasteiger partial charge < -0.3 is 10.1 Å². The van der Waals surface area contributed by atoms with Crippen LogP contribution >= 0.6 is 0 Å². The van der Waals surface area contributed by atoms with Crippen molar-refractivity contribution in [1.82, 2.24) is 4.31 Å². The molecule has 0 aliphatic heterocycles. The smallest absolute Gasteiger partial charge is 0.311 e. The predicted octanol–water partition coefficient (Wildman–Crippen LogP) is 2.17. The van der Waals surface area contributed by atoms with E-state index < -0.39 is 27.5 Å². The first-order valence-corrected chi connectivity index (χ1v) is 9.25. The molecule has 0 saturated heterocycles. The SMILES string of the molecule is Cc1ccc(OCC(=O)Nc2ccc(S(=O)(=O)N(C)C)cc2)c([N+](=O)[O-])c1. The lowest BCUT2D eigenvalue weighted by atomic mass is 10.2. The van der Waals surface area contributed by atoms with Gasteiger partial charge in [0.1, 0.15) is 0 Å². The first-order chi connectivity index (χ1) is 12.6. The Balaban J connectivity index is 2.02. The van der Waals surface area contributed by atoms with Crippen molar-refractivity contribution in [3.63, 3.8) is 0 Å². The monoisotopic (exact) mass is 393 g/mol. The molecule has 2 aromatic rings. The minimum absolute atomic E-state index is 0.00632. The summed E-state index contributed by atoms with van der Waals surface area (Å²) >= 11 is 0. The van der Waals surface area contributed by atoms with E-state index in [1.807, 2.05) is 0 Å². The lowest BCUT2D eigenvalue weighted by Crippen LogP contribution is -2.22. The number of hydrogen-bond donors (Lipinski definition) is 1. The molecule has 144 valence electrons. The number of nitrogens with one attached hydrogen (secondary N) is 1. The van der Waals surface area contributed by atoms with E-state index in [1.165, 1.54) is 50.5 Å². The average molecular weight is 393 g/mol. The van der Waals surface area contributed by atoms with Crippen LogP contribution in [-0.4, -0.2) is 44.3 Å². The molecule has 10 heteroatoms. The Morgan fingerprint density at radius 3 is 2.37 bits per heavy atom. The summed E-state index contributed by atoms with van der Waals surface area (Å²) in [5, 5.41) is 13.6. The number of nitrogens with zero attached hydrogens (tertiary/aromatic N) is 2. The highest BCUT2D eigenvalue weighted by Crippen LogP contribution is 2.27. The molecule has 0 aromatic heterocycles. The van der Waals surface area contributed by atoms with Crippen LogP contribution in [-0.2, 0) is 14.8 Å². The normalized spacial score (nSPS) is 11.3. The first kappa shape index (κ1) is 20.3. The fourth-order valence-corrected chi connectivity index (χ4v) is 3.06. The molecule has 0 fully saturated rings. The Morgan fingerprint density at radius 1 is 1.19 bits per heavy atom. The van der Waals surface area contributed by atoms with Crippen LogP contribution in [0.5, 0.6) is 5.75 Å². The molecule has 0 spiro atoms. The maximum atomic E-state index is 12.0. The summed E-state index contributed by atoms with van der Waals surface area (Å²) < 4.78 is 30.3. The van der Waals surface area contributed by atoms with E-state index in [9.17, 15) is 23.3 Å². The maximum absolute atomic E-state index is 12.0. The number of hydrogen-bond acceptors (Lipinski definition) is 6. The Bertz CT molecular complexity index is 955. The number of nitro benzene ring substituents is 1. The number of carbonyl (C=O) groups is 1. The molecule has 0 unspecified atom stereocenters. The predicted molar refractivity (Wildman–Crippen MR) is 99.3 cm³/mol. The Kier molecular flexibility index (Phi) is 6.13. The van der Waals surface area contributed by atoms with E-state index in [0.717, 1.165) is 4.31 Å². The Hall–Kier alpha value is -2.98. The molecule has 1 N–H and O–H groups in total. The van der Waals surface area contributed by atoms with Gasteiger partial charge in [-0.3, -0.25) is 14.9 Å². The van der Waals surface area contributed by atoms with Crippen LogP contribution in [0.25, 0.3) is 0 Å². The van der Waals surface area contributed by atoms with Crippen molar-refractivity contribution in [1.29, 1.82) is 0 Å². The number of carbonyl (C=O) groups excluding carboxylic acids is 1. The van der Waals surface area contributed by atoms with Gasteiger partial charge >= 0.3 is 5.69 Å². The molecule has 2 rings (SSSR count). The number of nitro groups is 1. The van der Waals surface area contributed by atoms with Crippen LogP contribution < -0.4 is 10.1 Å². The molecular formula is C17H19N3O6S. The van der Waals surface area contributed by atoms with Crippen LogP contribution in [0, 0.1) is 17.0 Å². The van der Waals surface area contributed by atoms with Gasteiger partial charge in [-0.25, -0.2) is 12.7 Å². The van der Waals surface area contributed by atoms with Crippen LogP contribution in [0.15, 0.2) is 47.4 Å². The lowest BCUT2D eigenvalue weighted by molar-refractivity contribution is -0.385. The third-order valence-corrected chi connectivity index (χ3v) is 5.42. The molecular weight excluding hydrogens is 374 g/mol. The topological polar surface area (TPSA) is 119 Å². The number of rotatable bonds is 7. The summed E-state index contributed by atoms with van der Waals surface area (Å²) in [6.07, 6.45) is 0. The fourth-order valence-electron chi connectivity index (χ4n) is 2.15. The van der Waals surface area contributed by atoms with Gasteiger partial charge in [-0.2, -0.15) is 0 Å². The number of benzene rings is 2. The average Bonchev–Trinajstić information content (AvgIpc) is 2.60. The van der Waals surface area contributed by atoms with Crippen molar-refractivity contribution in [2.45, 2.75) is 11.8 Å². The molecule has 2 aromatic carbocycles. The Morgan fingerprint density at radius 2 is 1.81 bits per heavy atom. The van der Waals surface area contributed by atoms with Crippen molar-refractivity contribution < 1.29 is 22.9 Å². The Labute approximate surface area is 156 Å². The number of ether oxygens (including phenoxy) is 1. The van der Waals surface area contributed by atoms with Crippen LogP contribution in [0.3, 0.4) is 0 Å². The highest BCUT2D eigenvalue weighted by atomic mass is 32.2. The molecule has 27 heavy (non-hydrogen) atoms. The molecule has 0 bridgehead atoms. The van der Waals surface area contributed by atoms with E-state index in [0.29, 0.717) is 11.3 Å². The molecule has 0 heterocycles. The summed E-state index contributed by atoms with van der Waals surface area (Å²) in [6, 6.07) is 10.1. The second-order valence-electron chi connectivity index (χ2n) is 5.88. The largest absolute Gasteiger partial charge is 0.477 e. The minimum Gasteiger partial charge on any atom is -0.477 e. The van der Waals surface area contributed by atoms with Crippen molar-refractivity contribution in [3.8, 4) is 5.75 Å². The number of amides is 1. The summed E-state index contributed by atoms with van der Waals surface area (Å²) in [5.74, 6) is -0.540. The van der Waals surface area contributed by atoms with Crippen LogP contribution in [0.4, 0.5) is 11.4 Å². The second kappa shape index (κ2) is 8.14. The fraction of sp³-hybridized carbons (Fsp3) is 0.235. The van der Waals surface area contributed by atoms with E-state index in [2.05, 4.69) is 5.32 Å². The van der Waals surface area contributed by atoms with Crippen molar-refractivity contribution in [2.24, 2.45) is 0 Å². The standard InChI is InChI=1S/C17H19N3O6S/c1-12-4-9-16(15(10-12)20(22)23)26-11-17(21)18-13-5-7-14(8-6-13)27(24,25)19(2)3/h4-10H,11H2,1-3H3,(H,18,21). The van der Waals surface area contributed by atoms with Gasteiger partial charge in [0.15, 0.2) is 12.4 Å². The highest BCUT2D eigenvalue weighted by Gasteiger charge is 2.18. The van der Waals surface area contributed by atoms with Crippen molar-refractivity contribution in [2.75, 3.05) is 26.0 Å². The zero-order chi connectivity index (χ0) is 20.2. The van der Waals surface area contributed by atoms with E-state index >= 15 is 0 Å². The second-order valence-corrected chi connectivity index (χ2v) is 8.03. The van der Waals surface area contributed by atoms with Crippen LogP contribution in [0.1, 0.15) is 5.56 Å². The number of aryl methyl sites for hydroxylation is 1. The quantitative estimate of drug-likeness (QED) is 0.569. The summed E-state index contributed by atoms with van der Waals surface area (Å²) in [4.78, 5) is 22.5. The summed E-state index contributed by atoms with van der Waals surface area (Å²) in [5.41, 5.74) is 0.854. The third kappa shape index (κ3) is 5.02. The number of sulfonamides is 1. The van der Waals surface area contributed by atoms with Crippen molar-refractivity contribution >= 4 is 27.3 Å². The molecule has 0 saturated carbocycles. The van der Waals surface area contributed by atoms with Gasteiger partial charge in [0, 0.05) is 25.8 Å². The van der Waals surface area contributed by atoms with E-state index in [-0.39, 0.29) is 16.3 Å². The zero-order valence-electron chi connectivity index (χ0n) is 15.0. The highest BCUT2D eigenvalue weighted by molar-refractivity contribution is 7.89. The van der Waals surface area contributed by atoms with Gasteiger partial charge in [0.05, 0.1) is 9.82 Å². The van der Waals surface area contributed by atoms with Crippen molar-refractivity contribution in [3.05, 3.63) is 58.1 Å². The molecule has 0 aliphatic rings. The van der Waals surface area contributed by atoms with Crippen LogP contribution in [0.2, 0.25) is 0 Å². The minimum atomic E-state index is -3.55. The molecule has 0 atom stereocenters. The van der Waals surface area contributed by atoms with E-state index in [4.69, 9.17) is 4.74 Å². The van der Waals surface area contributed by atoms with Gasteiger partial charge in [-0.15, -0.1) is 0 Å². The lowest BCUT2D eigenvalue weighted by Gasteiger charge is -2.12. The molecule has 9 nitrogen and oxygen atoms in total. The molecule has 1 amide bonds. The zero-order valence-corrected chi connectivity index (χ0v) is 15.8. The number of anilines is 1. The summed E-state index contributed by atoms with van der Waals surface area (Å²) in [6.45, 7) is 1.28. The van der Waals surface area contributed by atoms with Gasteiger partial charge in [-0.1, -0.05) is 6.07 Å².